The van der Waals surface area contributed by atoms with E-state index in [1.54, 1.807) is 15.9 Å². The molecule has 2 saturated heterocycles. The lowest BCUT2D eigenvalue weighted by atomic mass is 10.1. The number of likely N-dealkylation sites (tertiary alicyclic amines) is 2. The summed E-state index contributed by atoms with van der Waals surface area (Å²) in [6.07, 6.45) is 1.99. The molecule has 3 rings (SSSR count). The van der Waals surface area contributed by atoms with Gasteiger partial charge < -0.3 is 14.9 Å². The fourth-order valence-corrected chi connectivity index (χ4v) is 3.22. The number of hydrogen-bond donors (Lipinski definition) is 1. The van der Waals surface area contributed by atoms with Crippen molar-refractivity contribution >= 4 is 17.8 Å². The van der Waals surface area contributed by atoms with Gasteiger partial charge in [0.25, 0.3) is 5.91 Å². The predicted octanol–water partition coefficient (Wildman–Crippen LogP) is 1.36. The van der Waals surface area contributed by atoms with Gasteiger partial charge in [0.2, 0.25) is 5.91 Å². The number of hydrogen-bond acceptors (Lipinski definition) is 3. The fraction of sp³-hybridized carbons (Fsp3) is 0.471. The van der Waals surface area contributed by atoms with Crippen LogP contribution in [0, 0.1) is 5.92 Å². The highest BCUT2D eigenvalue weighted by Crippen LogP contribution is 2.20. The van der Waals surface area contributed by atoms with Gasteiger partial charge in [0.1, 0.15) is 0 Å². The minimum Gasteiger partial charge on any atom is -0.481 e. The smallest absolute Gasteiger partial charge is 0.308 e. The van der Waals surface area contributed by atoms with Gasteiger partial charge in [-0.2, -0.15) is 0 Å². The van der Waals surface area contributed by atoms with E-state index < -0.39 is 11.9 Å². The molecule has 2 heterocycles. The molecule has 6 heteroatoms. The molecular formula is C17H20N2O4. The third-order valence-corrected chi connectivity index (χ3v) is 4.54. The Morgan fingerprint density at radius 2 is 2.09 bits per heavy atom. The van der Waals surface area contributed by atoms with Crippen molar-refractivity contribution in [3.63, 3.8) is 0 Å². The molecule has 122 valence electrons. The summed E-state index contributed by atoms with van der Waals surface area (Å²) >= 11 is 0. The molecule has 2 fully saturated rings. The van der Waals surface area contributed by atoms with E-state index in [1.165, 1.54) is 0 Å². The van der Waals surface area contributed by atoms with Crippen LogP contribution < -0.4 is 0 Å². The highest BCUT2D eigenvalue weighted by Gasteiger charge is 2.31. The molecule has 0 unspecified atom stereocenters. The summed E-state index contributed by atoms with van der Waals surface area (Å²) in [7, 11) is 0. The molecule has 2 aliphatic heterocycles. The Labute approximate surface area is 134 Å². The SMILES string of the molecule is O=C(O)[C@@H]1CCN(C(=O)c2cccc(CN3CCCC3=O)c2)C1. The summed E-state index contributed by atoms with van der Waals surface area (Å²) in [5, 5.41) is 9.04. The Kier molecular flexibility index (Phi) is 4.32. The number of rotatable bonds is 4. The second-order valence-corrected chi connectivity index (χ2v) is 6.19. The summed E-state index contributed by atoms with van der Waals surface area (Å²) in [4.78, 5) is 38.6. The molecule has 2 amide bonds. The first kappa shape index (κ1) is 15.5. The maximum atomic E-state index is 12.5. The topological polar surface area (TPSA) is 77.9 Å². The van der Waals surface area contributed by atoms with E-state index in [9.17, 15) is 14.4 Å². The Hall–Kier alpha value is -2.37. The van der Waals surface area contributed by atoms with Crippen molar-refractivity contribution in [1.82, 2.24) is 9.80 Å². The third kappa shape index (κ3) is 3.36. The van der Waals surface area contributed by atoms with Gasteiger partial charge in [-0.1, -0.05) is 12.1 Å². The summed E-state index contributed by atoms with van der Waals surface area (Å²) in [6.45, 7) is 2.04. The number of carbonyl (C=O) groups excluding carboxylic acids is 2. The van der Waals surface area contributed by atoms with Crippen LogP contribution in [-0.2, 0) is 16.1 Å². The zero-order valence-corrected chi connectivity index (χ0v) is 12.9. The lowest BCUT2D eigenvalue weighted by Crippen LogP contribution is -2.30. The molecule has 0 aliphatic carbocycles. The zero-order chi connectivity index (χ0) is 16.4. The number of nitrogens with zero attached hydrogens (tertiary/aromatic N) is 2. The van der Waals surface area contributed by atoms with Crippen molar-refractivity contribution in [3.05, 3.63) is 35.4 Å². The second kappa shape index (κ2) is 6.40. The zero-order valence-electron chi connectivity index (χ0n) is 12.9. The highest BCUT2D eigenvalue weighted by atomic mass is 16.4. The molecule has 1 aromatic rings. The van der Waals surface area contributed by atoms with Crippen LogP contribution in [0.2, 0.25) is 0 Å². The van der Waals surface area contributed by atoms with Crippen molar-refractivity contribution in [2.45, 2.75) is 25.8 Å². The molecule has 0 radical (unpaired) electrons. The van der Waals surface area contributed by atoms with Crippen molar-refractivity contribution in [2.24, 2.45) is 5.92 Å². The number of carboxylic acids is 1. The molecule has 1 atom stereocenters. The van der Waals surface area contributed by atoms with E-state index >= 15 is 0 Å². The molecule has 1 N–H and O–H groups in total. The molecule has 2 aliphatic rings. The number of carboxylic acid groups (broad SMARTS) is 1. The van der Waals surface area contributed by atoms with Crippen LogP contribution in [0.25, 0.3) is 0 Å². The standard InChI is InChI=1S/C17H20N2O4/c20-15-5-2-7-18(15)10-12-3-1-4-13(9-12)16(21)19-8-6-14(11-19)17(22)23/h1,3-4,9,14H,2,5-8,10-11H2,(H,22,23)/t14-/m1/s1. The number of carbonyl (C=O) groups is 3. The van der Waals surface area contributed by atoms with Gasteiger partial charge in [0.05, 0.1) is 5.92 Å². The van der Waals surface area contributed by atoms with Crippen LogP contribution in [0.15, 0.2) is 24.3 Å². The normalized spacial score (nSPS) is 21.0. The summed E-state index contributed by atoms with van der Waals surface area (Å²) in [6, 6.07) is 7.27. The Balaban J connectivity index is 1.68. The van der Waals surface area contributed by atoms with Crippen LogP contribution in [0.3, 0.4) is 0 Å². The first-order valence-electron chi connectivity index (χ1n) is 7.93. The molecule has 0 aromatic heterocycles. The first-order valence-corrected chi connectivity index (χ1v) is 7.93. The van der Waals surface area contributed by atoms with E-state index in [2.05, 4.69) is 0 Å². The van der Waals surface area contributed by atoms with Gasteiger partial charge in [-0.25, -0.2) is 0 Å². The quantitative estimate of drug-likeness (QED) is 0.909. The Bertz CT molecular complexity index is 643. The Morgan fingerprint density at radius 3 is 2.74 bits per heavy atom. The maximum absolute atomic E-state index is 12.5. The average molecular weight is 316 g/mol. The van der Waals surface area contributed by atoms with Crippen LogP contribution in [0.5, 0.6) is 0 Å². The number of benzene rings is 1. The van der Waals surface area contributed by atoms with Crippen molar-refractivity contribution < 1.29 is 19.5 Å². The Morgan fingerprint density at radius 1 is 1.26 bits per heavy atom. The predicted molar refractivity (Wildman–Crippen MR) is 82.7 cm³/mol. The van der Waals surface area contributed by atoms with E-state index in [4.69, 9.17) is 5.11 Å². The van der Waals surface area contributed by atoms with Crippen molar-refractivity contribution in [2.75, 3.05) is 19.6 Å². The van der Waals surface area contributed by atoms with Crippen molar-refractivity contribution in [3.8, 4) is 0 Å². The minimum atomic E-state index is -0.846. The molecule has 23 heavy (non-hydrogen) atoms. The molecule has 1 aromatic carbocycles. The van der Waals surface area contributed by atoms with E-state index in [0.717, 1.165) is 18.5 Å². The van der Waals surface area contributed by atoms with E-state index in [0.29, 0.717) is 31.5 Å². The van der Waals surface area contributed by atoms with Crippen LogP contribution in [0.4, 0.5) is 0 Å². The van der Waals surface area contributed by atoms with Gasteiger partial charge in [0, 0.05) is 38.2 Å². The molecule has 6 nitrogen and oxygen atoms in total. The van der Waals surface area contributed by atoms with Crippen molar-refractivity contribution in [1.29, 1.82) is 0 Å². The first-order chi connectivity index (χ1) is 11.0. The monoisotopic (exact) mass is 316 g/mol. The largest absolute Gasteiger partial charge is 0.481 e. The molecule has 0 spiro atoms. The van der Waals surface area contributed by atoms with Gasteiger partial charge in [0.15, 0.2) is 0 Å². The minimum absolute atomic E-state index is 0.136. The summed E-state index contributed by atoms with van der Waals surface area (Å²) in [5.74, 6) is -1.29. The summed E-state index contributed by atoms with van der Waals surface area (Å²) < 4.78 is 0. The lowest BCUT2D eigenvalue weighted by molar-refractivity contribution is -0.141. The number of aliphatic carboxylic acids is 1. The number of amides is 2. The van der Waals surface area contributed by atoms with Crippen LogP contribution in [-0.4, -0.2) is 52.3 Å². The van der Waals surface area contributed by atoms with Crippen LogP contribution in [0.1, 0.15) is 35.2 Å². The van der Waals surface area contributed by atoms with Gasteiger partial charge in [-0.3, -0.25) is 14.4 Å². The van der Waals surface area contributed by atoms with Gasteiger partial charge >= 0.3 is 5.97 Å². The highest BCUT2D eigenvalue weighted by molar-refractivity contribution is 5.95. The average Bonchev–Trinajstić information content (AvgIpc) is 3.17. The molecule has 0 bridgehead atoms. The van der Waals surface area contributed by atoms with E-state index in [1.807, 2.05) is 18.2 Å². The van der Waals surface area contributed by atoms with Gasteiger partial charge in [-0.15, -0.1) is 0 Å². The maximum Gasteiger partial charge on any atom is 0.308 e. The molecule has 0 saturated carbocycles. The lowest BCUT2D eigenvalue weighted by Gasteiger charge is -2.18. The summed E-state index contributed by atoms with van der Waals surface area (Å²) in [5.41, 5.74) is 1.49. The second-order valence-electron chi connectivity index (χ2n) is 6.19. The van der Waals surface area contributed by atoms with Gasteiger partial charge in [-0.05, 0) is 30.5 Å². The fourth-order valence-electron chi connectivity index (χ4n) is 3.22. The third-order valence-electron chi connectivity index (χ3n) is 4.54. The van der Waals surface area contributed by atoms with E-state index in [-0.39, 0.29) is 18.4 Å². The van der Waals surface area contributed by atoms with Crippen LogP contribution >= 0.6 is 0 Å². The molecular weight excluding hydrogens is 296 g/mol.